The smallest absolute Gasteiger partial charge is 0.326 e. The molecule has 1 aliphatic heterocycles. The average molecular weight is 363 g/mol. The van der Waals surface area contributed by atoms with Crippen LogP contribution in [0.15, 0.2) is 30.3 Å². The fourth-order valence-electron chi connectivity index (χ4n) is 2.66. The number of hydrogen-bond acceptors (Lipinski definition) is 7. The number of esters is 3. The van der Waals surface area contributed by atoms with Crippen LogP contribution in [-0.4, -0.2) is 42.8 Å². The number of hydrogen-bond donors (Lipinski definition) is 1. The number of carbonyl (C=O) groups is 3. The highest BCUT2D eigenvalue weighted by atomic mass is 16.6. The molecule has 0 amide bonds. The molecule has 7 heteroatoms. The van der Waals surface area contributed by atoms with E-state index in [2.05, 4.69) is 0 Å². The van der Waals surface area contributed by atoms with E-state index >= 15 is 0 Å². The third kappa shape index (κ3) is 5.05. The van der Waals surface area contributed by atoms with Gasteiger partial charge in [-0.25, -0.2) is 0 Å². The van der Waals surface area contributed by atoms with Crippen molar-refractivity contribution in [1.29, 1.82) is 0 Å². The lowest BCUT2D eigenvalue weighted by Crippen LogP contribution is -2.44. The van der Waals surface area contributed by atoms with Crippen molar-refractivity contribution < 1.29 is 28.6 Å². The van der Waals surface area contributed by atoms with Crippen LogP contribution in [-0.2, 0) is 35.0 Å². The van der Waals surface area contributed by atoms with Gasteiger partial charge in [0.25, 0.3) is 0 Å². The molecule has 4 atom stereocenters. The zero-order valence-electron chi connectivity index (χ0n) is 15.2. The monoisotopic (exact) mass is 363 g/mol. The van der Waals surface area contributed by atoms with E-state index in [1.807, 2.05) is 30.3 Å². The van der Waals surface area contributed by atoms with Crippen LogP contribution in [0.4, 0.5) is 0 Å². The first-order chi connectivity index (χ1) is 12.3. The average Bonchev–Trinajstić information content (AvgIpc) is 2.64. The summed E-state index contributed by atoms with van der Waals surface area (Å²) in [5.41, 5.74) is 6.55. The summed E-state index contributed by atoms with van der Waals surface area (Å²) < 4.78 is 16.1. The summed E-state index contributed by atoms with van der Waals surface area (Å²) in [5.74, 6) is -2.95. The van der Waals surface area contributed by atoms with Crippen LogP contribution in [0.1, 0.15) is 26.3 Å². The van der Waals surface area contributed by atoms with E-state index in [9.17, 15) is 14.4 Å². The van der Waals surface area contributed by atoms with E-state index < -0.39 is 42.1 Å². The third-order valence-electron chi connectivity index (χ3n) is 4.19. The summed E-state index contributed by atoms with van der Waals surface area (Å²) in [6.07, 6.45) is -1.52. The van der Waals surface area contributed by atoms with Crippen molar-refractivity contribution in [3.8, 4) is 0 Å². The van der Waals surface area contributed by atoms with E-state index in [4.69, 9.17) is 19.9 Å². The van der Waals surface area contributed by atoms with Crippen LogP contribution in [0, 0.1) is 11.8 Å². The van der Waals surface area contributed by atoms with Crippen molar-refractivity contribution in [2.75, 3.05) is 6.61 Å². The Morgan fingerprint density at radius 2 is 1.88 bits per heavy atom. The Kier molecular flexibility index (Phi) is 6.74. The fraction of sp³-hybridized carbons (Fsp3) is 0.526. The number of rotatable bonds is 4. The highest BCUT2D eigenvalue weighted by molar-refractivity contribution is 5.79. The Labute approximate surface area is 152 Å². The van der Waals surface area contributed by atoms with Crippen molar-refractivity contribution >= 4 is 17.9 Å². The van der Waals surface area contributed by atoms with Gasteiger partial charge in [-0.2, -0.15) is 0 Å². The zero-order chi connectivity index (χ0) is 19.3. The quantitative estimate of drug-likeness (QED) is 0.633. The van der Waals surface area contributed by atoms with Gasteiger partial charge in [-0.3, -0.25) is 14.4 Å². The standard InChI is InChI=1S/C19H25NO6/c1-11(2)17(21)26-16-12(3)25-19(23)15(20)10-24-18(22)14(16)9-13-7-5-4-6-8-13/h4-8,11-12,14-16H,9-10,20H2,1-3H3/t12-,14+,15-,16-/m0/s1. The molecule has 0 bridgehead atoms. The molecule has 1 aromatic rings. The summed E-state index contributed by atoms with van der Waals surface area (Å²) in [5, 5.41) is 0. The molecule has 1 aliphatic rings. The van der Waals surface area contributed by atoms with Crippen molar-refractivity contribution in [3.05, 3.63) is 35.9 Å². The second-order valence-corrected chi connectivity index (χ2v) is 6.73. The second-order valence-electron chi connectivity index (χ2n) is 6.73. The second kappa shape index (κ2) is 8.80. The molecule has 0 saturated carbocycles. The predicted octanol–water partition coefficient (Wildman–Crippen LogP) is 1.23. The van der Waals surface area contributed by atoms with Crippen LogP contribution in [0.2, 0.25) is 0 Å². The van der Waals surface area contributed by atoms with Gasteiger partial charge < -0.3 is 19.9 Å². The Balaban J connectivity index is 2.34. The van der Waals surface area contributed by atoms with E-state index in [1.165, 1.54) is 0 Å². The van der Waals surface area contributed by atoms with E-state index in [0.29, 0.717) is 0 Å². The van der Waals surface area contributed by atoms with Gasteiger partial charge in [0.05, 0.1) is 5.92 Å². The fourth-order valence-corrected chi connectivity index (χ4v) is 2.66. The molecule has 0 unspecified atom stereocenters. The lowest BCUT2D eigenvalue weighted by molar-refractivity contribution is -0.176. The lowest BCUT2D eigenvalue weighted by atomic mass is 9.91. The molecule has 0 aromatic heterocycles. The molecule has 7 nitrogen and oxygen atoms in total. The van der Waals surface area contributed by atoms with Gasteiger partial charge >= 0.3 is 17.9 Å². The molecule has 142 valence electrons. The molecule has 0 spiro atoms. The van der Waals surface area contributed by atoms with Gasteiger partial charge in [0.2, 0.25) is 0 Å². The van der Waals surface area contributed by atoms with Gasteiger partial charge in [-0.15, -0.1) is 0 Å². The molecule has 2 N–H and O–H groups in total. The van der Waals surface area contributed by atoms with E-state index in [-0.39, 0.29) is 18.9 Å². The number of nitrogens with two attached hydrogens (primary N) is 1. The first-order valence-electron chi connectivity index (χ1n) is 8.66. The van der Waals surface area contributed by atoms with Crippen LogP contribution >= 0.6 is 0 Å². The third-order valence-corrected chi connectivity index (χ3v) is 4.19. The van der Waals surface area contributed by atoms with E-state index in [0.717, 1.165) is 5.56 Å². The molecule has 1 fully saturated rings. The van der Waals surface area contributed by atoms with Crippen molar-refractivity contribution in [1.82, 2.24) is 0 Å². The number of ether oxygens (including phenoxy) is 3. The molecule has 1 heterocycles. The molecule has 0 radical (unpaired) electrons. The topological polar surface area (TPSA) is 105 Å². The number of cyclic esters (lactones) is 2. The molecular formula is C19H25NO6. The summed E-state index contributed by atoms with van der Waals surface area (Å²) in [6.45, 7) is 4.68. The summed E-state index contributed by atoms with van der Waals surface area (Å²) in [7, 11) is 0. The summed E-state index contributed by atoms with van der Waals surface area (Å²) in [4.78, 5) is 36.8. The number of benzene rings is 1. The Morgan fingerprint density at radius 3 is 2.50 bits per heavy atom. The molecule has 26 heavy (non-hydrogen) atoms. The Morgan fingerprint density at radius 1 is 1.23 bits per heavy atom. The molecule has 1 saturated heterocycles. The molecule has 2 rings (SSSR count). The van der Waals surface area contributed by atoms with Crippen LogP contribution < -0.4 is 5.73 Å². The van der Waals surface area contributed by atoms with Gasteiger partial charge in [0.1, 0.15) is 24.7 Å². The first-order valence-corrected chi connectivity index (χ1v) is 8.66. The Bertz CT molecular complexity index is 645. The predicted molar refractivity (Wildman–Crippen MR) is 92.8 cm³/mol. The van der Waals surface area contributed by atoms with Gasteiger partial charge in [-0.1, -0.05) is 44.2 Å². The molecular weight excluding hydrogens is 338 g/mol. The van der Waals surface area contributed by atoms with Gasteiger partial charge in [0, 0.05) is 0 Å². The minimum atomic E-state index is -1.07. The number of carbonyl (C=O) groups excluding carboxylic acids is 3. The molecule has 1 aromatic carbocycles. The maximum Gasteiger partial charge on any atom is 0.326 e. The van der Waals surface area contributed by atoms with Crippen molar-refractivity contribution in [2.45, 2.75) is 45.4 Å². The Hall–Kier alpha value is -2.41. The highest BCUT2D eigenvalue weighted by Gasteiger charge is 2.41. The summed E-state index contributed by atoms with van der Waals surface area (Å²) in [6, 6.07) is 8.23. The van der Waals surface area contributed by atoms with E-state index in [1.54, 1.807) is 20.8 Å². The van der Waals surface area contributed by atoms with Crippen molar-refractivity contribution in [2.24, 2.45) is 17.6 Å². The van der Waals surface area contributed by atoms with Crippen LogP contribution in [0.25, 0.3) is 0 Å². The summed E-state index contributed by atoms with van der Waals surface area (Å²) >= 11 is 0. The minimum absolute atomic E-state index is 0.277. The maximum atomic E-state index is 12.6. The molecule has 0 aliphatic carbocycles. The maximum absolute atomic E-state index is 12.6. The lowest BCUT2D eigenvalue weighted by Gasteiger charge is -2.29. The first kappa shape index (κ1) is 19.9. The van der Waals surface area contributed by atoms with Crippen LogP contribution in [0.3, 0.4) is 0 Å². The SMILES string of the molecule is CC(C)C(=O)O[C@H]1[C@H](C)OC(=O)[C@@H](N)COC(=O)[C@@H]1Cc1ccccc1. The van der Waals surface area contributed by atoms with Gasteiger partial charge in [-0.05, 0) is 18.9 Å². The van der Waals surface area contributed by atoms with Gasteiger partial charge in [0.15, 0.2) is 6.10 Å². The zero-order valence-corrected chi connectivity index (χ0v) is 15.2. The largest absolute Gasteiger partial charge is 0.463 e. The van der Waals surface area contributed by atoms with Crippen LogP contribution in [0.5, 0.6) is 0 Å². The normalized spacial score (nSPS) is 27.0. The van der Waals surface area contributed by atoms with Crippen molar-refractivity contribution in [3.63, 3.8) is 0 Å². The minimum Gasteiger partial charge on any atom is -0.463 e. The highest BCUT2D eigenvalue weighted by Crippen LogP contribution is 2.24.